The van der Waals surface area contributed by atoms with E-state index in [0.29, 0.717) is 13.0 Å². The number of aromatic nitrogens is 3. The molecule has 1 saturated heterocycles. The summed E-state index contributed by atoms with van der Waals surface area (Å²) in [6.07, 6.45) is 4.06. The lowest BCUT2D eigenvalue weighted by Gasteiger charge is -2.32. The lowest BCUT2D eigenvalue weighted by molar-refractivity contribution is -0.116. The third-order valence-corrected chi connectivity index (χ3v) is 6.16. The lowest BCUT2D eigenvalue weighted by Crippen LogP contribution is -2.35. The van der Waals surface area contributed by atoms with Gasteiger partial charge in [-0.3, -0.25) is 9.69 Å². The van der Waals surface area contributed by atoms with Crippen LogP contribution in [0.2, 0.25) is 0 Å². The van der Waals surface area contributed by atoms with E-state index in [1.54, 1.807) is 6.20 Å². The second kappa shape index (κ2) is 9.92. The fourth-order valence-electron chi connectivity index (χ4n) is 4.47. The number of piperidine rings is 1. The molecule has 2 aromatic heterocycles. The van der Waals surface area contributed by atoms with Crippen molar-refractivity contribution in [2.75, 3.05) is 25.0 Å². The second-order valence-corrected chi connectivity index (χ2v) is 8.51. The number of carbonyl (C=O) groups is 1. The Labute approximate surface area is 193 Å². The molecule has 3 heterocycles. The Morgan fingerprint density at radius 1 is 1.06 bits per heavy atom. The van der Waals surface area contributed by atoms with Gasteiger partial charge in [-0.25, -0.2) is 4.68 Å². The third-order valence-electron chi connectivity index (χ3n) is 6.16. The van der Waals surface area contributed by atoms with E-state index in [-0.39, 0.29) is 11.9 Å². The Kier molecular flexibility index (Phi) is 6.39. The number of hydrogen-bond acceptors (Lipinski definition) is 4. The fraction of sp³-hybridized carbons (Fsp3) is 0.308. The van der Waals surface area contributed by atoms with Crippen molar-refractivity contribution in [3.05, 3.63) is 78.6 Å². The average molecular weight is 444 g/mol. The van der Waals surface area contributed by atoms with E-state index in [9.17, 15) is 4.79 Å². The highest BCUT2D eigenvalue weighted by atomic mass is 16.5. The molecule has 2 aromatic carbocycles. The van der Waals surface area contributed by atoms with E-state index in [0.717, 1.165) is 44.0 Å². The van der Waals surface area contributed by atoms with Crippen LogP contribution in [0.4, 0.5) is 5.82 Å². The summed E-state index contributed by atoms with van der Waals surface area (Å²) in [6, 6.07) is 22.3. The van der Waals surface area contributed by atoms with E-state index in [4.69, 9.17) is 4.74 Å². The highest BCUT2D eigenvalue weighted by Gasteiger charge is 2.23. The molecule has 0 aliphatic carbocycles. The SMILES string of the molecule is O=C(CCOc1ccccc1)Nc1ccnn1C1CCN(Cc2cc3ccccc3[nH]2)CC1. The monoisotopic (exact) mass is 443 g/mol. The van der Waals surface area contributed by atoms with Crippen molar-refractivity contribution in [1.29, 1.82) is 0 Å². The van der Waals surface area contributed by atoms with E-state index in [1.165, 1.54) is 16.6 Å². The molecule has 0 bridgehead atoms. The number of rotatable bonds is 8. The molecule has 1 fully saturated rings. The summed E-state index contributed by atoms with van der Waals surface area (Å²) in [4.78, 5) is 18.4. The van der Waals surface area contributed by atoms with Gasteiger partial charge in [0.1, 0.15) is 11.6 Å². The van der Waals surface area contributed by atoms with Crippen molar-refractivity contribution in [2.24, 2.45) is 0 Å². The molecule has 4 aromatic rings. The molecule has 1 aliphatic rings. The van der Waals surface area contributed by atoms with Crippen LogP contribution >= 0.6 is 0 Å². The van der Waals surface area contributed by atoms with Crippen molar-refractivity contribution in [1.82, 2.24) is 19.7 Å². The molecule has 5 rings (SSSR count). The molecule has 2 N–H and O–H groups in total. The lowest BCUT2D eigenvalue weighted by atomic mass is 10.1. The largest absolute Gasteiger partial charge is 0.493 e. The smallest absolute Gasteiger partial charge is 0.228 e. The fourth-order valence-corrected chi connectivity index (χ4v) is 4.47. The number of para-hydroxylation sites is 2. The first kappa shape index (κ1) is 21.3. The highest BCUT2D eigenvalue weighted by molar-refractivity contribution is 5.89. The summed E-state index contributed by atoms with van der Waals surface area (Å²) < 4.78 is 7.60. The van der Waals surface area contributed by atoms with E-state index >= 15 is 0 Å². The van der Waals surface area contributed by atoms with E-state index in [1.807, 2.05) is 41.1 Å². The maximum atomic E-state index is 12.4. The molecule has 0 radical (unpaired) electrons. The number of carbonyl (C=O) groups excluding carboxylic acids is 1. The molecule has 0 saturated carbocycles. The summed E-state index contributed by atoms with van der Waals surface area (Å²) in [7, 11) is 0. The first-order valence-electron chi connectivity index (χ1n) is 11.5. The van der Waals surface area contributed by atoms with Crippen LogP contribution in [0.15, 0.2) is 72.9 Å². The topological polar surface area (TPSA) is 75.2 Å². The van der Waals surface area contributed by atoms with Crippen LogP contribution in [0.5, 0.6) is 5.75 Å². The number of benzene rings is 2. The normalized spacial score (nSPS) is 15.0. The Morgan fingerprint density at radius 3 is 2.67 bits per heavy atom. The van der Waals surface area contributed by atoms with Gasteiger partial charge in [-0.15, -0.1) is 0 Å². The Balaban J connectivity index is 1.11. The molecule has 0 spiro atoms. The zero-order chi connectivity index (χ0) is 22.5. The standard InChI is InChI=1S/C26H29N5O2/c32-26(13-17-33-23-7-2-1-3-8-23)29-25-10-14-27-31(25)22-11-15-30(16-12-22)19-21-18-20-6-4-5-9-24(20)28-21/h1-10,14,18,22,28H,11-13,15-17,19H2,(H,29,32). The van der Waals surface area contributed by atoms with Crippen LogP contribution in [0.3, 0.4) is 0 Å². The third kappa shape index (κ3) is 5.26. The number of nitrogens with zero attached hydrogens (tertiary/aromatic N) is 3. The number of H-pyrrole nitrogens is 1. The van der Waals surface area contributed by atoms with Crippen LogP contribution < -0.4 is 10.1 Å². The van der Waals surface area contributed by atoms with Crippen molar-refractivity contribution < 1.29 is 9.53 Å². The zero-order valence-electron chi connectivity index (χ0n) is 18.6. The Hall–Kier alpha value is -3.58. The summed E-state index contributed by atoms with van der Waals surface area (Å²) in [5.74, 6) is 1.47. The Bertz CT molecular complexity index is 1160. The van der Waals surface area contributed by atoms with Gasteiger partial charge in [0.05, 0.1) is 25.3 Å². The number of ether oxygens (including phenoxy) is 1. The number of hydrogen-bond donors (Lipinski definition) is 2. The number of aromatic amines is 1. The van der Waals surface area contributed by atoms with Crippen LogP contribution in [0.25, 0.3) is 10.9 Å². The number of nitrogens with one attached hydrogen (secondary N) is 2. The summed E-state index contributed by atoms with van der Waals surface area (Å²) in [6.45, 7) is 3.26. The molecule has 0 unspecified atom stereocenters. The maximum absolute atomic E-state index is 12.4. The molecule has 0 atom stereocenters. The minimum absolute atomic E-state index is 0.0658. The minimum atomic E-state index is -0.0658. The predicted molar refractivity (Wildman–Crippen MR) is 129 cm³/mol. The van der Waals surface area contributed by atoms with Gasteiger partial charge in [-0.1, -0.05) is 36.4 Å². The van der Waals surface area contributed by atoms with E-state index in [2.05, 4.69) is 50.6 Å². The molecular formula is C26H29N5O2. The van der Waals surface area contributed by atoms with Gasteiger partial charge in [-0.05, 0) is 42.5 Å². The average Bonchev–Trinajstić information content (AvgIpc) is 3.46. The van der Waals surface area contributed by atoms with Gasteiger partial charge in [0.15, 0.2) is 0 Å². The maximum Gasteiger partial charge on any atom is 0.228 e. The first-order valence-corrected chi connectivity index (χ1v) is 11.5. The van der Waals surface area contributed by atoms with Gasteiger partial charge in [0.2, 0.25) is 5.91 Å². The van der Waals surface area contributed by atoms with Crippen LogP contribution in [-0.4, -0.2) is 45.3 Å². The van der Waals surface area contributed by atoms with Crippen molar-refractivity contribution in [3.63, 3.8) is 0 Å². The van der Waals surface area contributed by atoms with Crippen LogP contribution in [-0.2, 0) is 11.3 Å². The van der Waals surface area contributed by atoms with Gasteiger partial charge in [0.25, 0.3) is 0 Å². The van der Waals surface area contributed by atoms with Crippen LogP contribution in [0.1, 0.15) is 31.0 Å². The highest BCUT2D eigenvalue weighted by Crippen LogP contribution is 2.27. The molecular weight excluding hydrogens is 414 g/mol. The number of fused-ring (bicyclic) bond motifs is 1. The van der Waals surface area contributed by atoms with Crippen molar-refractivity contribution in [3.8, 4) is 5.75 Å². The minimum Gasteiger partial charge on any atom is -0.493 e. The Morgan fingerprint density at radius 2 is 1.85 bits per heavy atom. The number of amides is 1. The van der Waals surface area contributed by atoms with Gasteiger partial charge < -0.3 is 15.0 Å². The van der Waals surface area contributed by atoms with Crippen molar-refractivity contribution in [2.45, 2.75) is 31.8 Å². The van der Waals surface area contributed by atoms with Gasteiger partial charge in [0, 0.05) is 36.9 Å². The molecule has 1 aliphatic heterocycles. The molecule has 33 heavy (non-hydrogen) atoms. The van der Waals surface area contributed by atoms with Crippen molar-refractivity contribution >= 4 is 22.6 Å². The molecule has 1 amide bonds. The number of anilines is 1. The molecule has 170 valence electrons. The number of likely N-dealkylation sites (tertiary alicyclic amines) is 1. The van der Waals surface area contributed by atoms with E-state index < -0.39 is 0 Å². The summed E-state index contributed by atoms with van der Waals surface area (Å²) >= 11 is 0. The quantitative estimate of drug-likeness (QED) is 0.417. The van der Waals surface area contributed by atoms with Gasteiger partial charge in [-0.2, -0.15) is 5.10 Å². The van der Waals surface area contributed by atoms with Gasteiger partial charge >= 0.3 is 0 Å². The summed E-state index contributed by atoms with van der Waals surface area (Å²) in [5.41, 5.74) is 2.44. The second-order valence-electron chi connectivity index (χ2n) is 8.51. The van der Waals surface area contributed by atoms with Crippen LogP contribution in [0, 0.1) is 0 Å². The molecule has 7 nitrogen and oxygen atoms in total. The summed E-state index contributed by atoms with van der Waals surface area (Å²) in [5, 5.41) is 8.77. The molecule has 7 heteroatoms. The predicted octanol–water partition coefficient (Wildman–Crippen LogP) is 4.61. The first-order chi connectivity index (χ1) is 16.2. The zero-order valence-corrected chi connectivity index (χ0v) is 18.6.